The molecule has 1 unspecified atom stereocenters. The molecule has 33 heavy (non-hydrogen) atoms. The normalized spacial score (nSPS) is 17.6. The largest absolute Gasteiger partial charge is 0.872 e. The Morgan fingerprint density at radius 1 is 1.00 bits per heavy atom. The van der Waals surface area contributed by atoms with E-state index in [1.165, 1.54) is 4.90 Å². The van der Waals surface area contributed by atoms with Gasteiger partial charge in [0.25, 0.3) is 5.91 Å². The predicted molar refractivity (Wildman–Crippen MR) is 124 cm³/mol. The minimum Gasteiger partial charge on any atom is -0.872 e. The van der Waals surface area contributed by atoms with Gasteiger partial charge in [0.15, 0.2) is 11.5 Å². The van der Waals surface area contributed by atoms with Crippen LogP contribution in [-0.2, 0) is 9.59 Å². The van der Waals surface area contributed by atoms with Crippen LogP contribution in [0.4, 0.5) is 0 Å². The third-order valence-corrected chi connectivity index (χ3v) is 5.58. The Morgan fingerprint density at radius 3 is 2.24 bits per heavy atom. The summed E-state index contributed by atoms with van der Waals surface area (Å²) in [5.41, 5.74) is 2.01. The Kier molecular flexibility index (Phi) is 7.76. The molecule has 1 amide bonds. The minimum atomic E-state index is -0.784. The molecular formula is C26H32N2O5. The Bertz CT molecular complexity index is 1040. The number of hydrogen-bond donors (Lipinski definition) is 1. The van der Waals surface area contributed by atoms with E-state index >= 15 is 0 Å². The molecule has 1 atom stereocenters. The number of quaternary nitrogens is 1. The number of benzene rings is 2. The van der Waals surface area contributed by atoms with Crippen LogP contribution in [0.15, 0.2) is 48.0 Å². The van der Waals surface area contributed by atoms with Crippen molar-refractivity contribution in [3.05, 3.63) is 64.7 Å². The molecule has 0 aliphatic carbocycles. The van der Waals surface area contributed by atoms with Crippen LogP contribution in [0.2, 0.25) is 0 Å². The van der Waals surface area contributed by atoms with Crippen molar-refractivity contribution >= 4 is 17.4 Å². The van der Waals surface area contributed by atoms with Gasteiger partial charge in [-0.25, -0.2) is 0 Å². The Hall–Kier alpha value is -3.32. The van der Waals surface area contributed by atoms with Gasteiger partial charge >= 0.3 is 0 Å². The summed E-state index contributed by atoms with van der Waals surface area (Å²) in [6, 6.07) is 11.6. The van der Waals surface area contributed by atoms with E-state index in [0.717, 1.165) is 10.5 Å². The van der Waals surface area contributed by atoms with Crippen molar-refractivity contribution in [2.45, 2.75) is 26.8 Å². The van der Waals surface area contributed by atoms with Gasteiger partial charge in [-0.05, 0) is 44.0 Å². The molecule has 1 heterocycles. The van der Waals surface area contributed by atoms with Crippen LogP contribution in [0.25, 0.3) is 5.76 Å². The number of likely N-dealkylation sites (N-methyl/N-ethyl adjacent to an activating group) is 1. The number of ketones is 1. The number of amides is 1. The summed E-state index contributed by atoms with van der Waals surface area (Å²) >= 11 is 0. The Balaban J connectivity index is 2.17. The summed E-state index contributed by atoms with van der Waals surface area (Å²) < 4.78 is 11.4. The smallest absolute Gasteiger partial charge is 0.295 e. The second-order valence-corrected chi connectivity index (χ2v) is 8.37. The molecule has 0 aromatic heterocycles. The molecule has 3 rings (SSSR count). The second-order valence-electron chi connectivity index (χ2n) is 8.37. The molecule has 1 aliphatic rings. The van der Waals surface area contributed by atoms with Crippen LogP contribution in [0.3, 0.4) is 0 Å². The fraction of sp³-hybridized carbons (Fsp3) is 0.385. The number of ether oxygens (including phenoxy) is 2. The third kappa shape index (κ3) is 5.20. The predicted octanol–water partition coefficient (Wildman–Crippen LogP) is 1.16. The zero-order valence-electron chi connectivity index (χ0n) is 19.9. The van der Waals surface area contributed by atoms with Crippen LogP contribution in [-0.4, -0.2) is 57.0 Å². The third-order valence-electron chi connectivity index (χ3n) is 5.58. The van der Waals surface area contributed by atoms with Gasteiger partial charge in [-0.15, -0.1) is 0 Å². The second kappa shape index (κ2) is 10.5. The summed E-state index contributed by atoms with van der Waals surface area (Å²) in [7, 11) is 3.95. The molecule has 2 aromatic rings. The van der Waals surface area contributed by atoms with E-state index in [-0.39, 0.29) is 5.57 Å². The molecule has 1 N–H and O–H groups in total. The first-order valence-corrected chi connectivity index (χ1v) is 11.3. The quantitative estimate of drug-likeness (QED) is 0.351. The van der Waals surface area contributed by atoms with Gasteiger partial charge < -0.3 is 24.4 Å². The van der Waals surface area contributed by atoms with E-state index in [1.807, 2.05) is 47.0 Å². The van der Waals surface area contributed by atoms with Gasteiger partial charge in [-0.3, -0.25) is 9.59 Å². The van der Waals surface area contributed by atoms with Crippen molar-refractivity contribution < 1.29 is 29.1 Å². The van der Waals surface area contributed by atoms with Crippen molar-refractivity contribution in [3.63, 3.8) is 0 Å². The van der Waals surface area contributed by atoms with E-state index in [9.17, 15) is 14.7 Å². The molecule has 1 aliphatic heterocycles. The highest BCUT2D eigenvalue weighted by atomic mass is 16.5. The number of carbonyl (C=O) groups is 2. The standard InChI is InChI=1S/C26H32N2O5/c1-6-32-20-13-12-19(16-21(20)33-7-2)23-22(24(29)18-10-8-17(3)9-11-18)25(30)26(31)28(23)15-14-27(4)5/h8-13,16,23,29H,6-7,14-15H2,1-5H3. The van der Waals surface area contributed by atoms with Crippen molar-refractivity contribution in [1.29, 1.82) is 0 Å². The molecule has 176 valence electrons. The van der Waals surface area contributed by atoms with Gasteiger partial charge in [0.1, 0.15) is 0 Å². The van der Waals surface area contributed by atoms with Gasteiger partial charge in [0.05, 0.1) is 46.4 Å². The van der Waals surface area contributed by atoms with Gasteiger partial charge in [0.2, 0.25) is 5.78 Å². The topological polar surface area (TPSA) is 83.3 Å². The molecule has 0 bridgehead atoms. The van der Waals surface area contributed by atoms with Crippen molar-refractivity contribution in [2.24, 2.45) is 0 Å². The maximum atomic E-state index is 13.5. The molecule has 0 saturated carbocycles. The molecule has 1 saturated heterocycles. The molecular weight excluding hydrogens is 420 g/mol. The highest BCUT2D eigenvalue weighted by Gasteiger charge is 2.44. The number of Topliss-reactive ketones (excluding diaryl/α,β-unsaturated/α-hetero) is 1. The zero-order valence-corrected chi connectivity index (χ0v) is 19.9. The molecule has 7 nitrogen and oxygen atoms in total. The van der Waals surface area contributed by atoms with E-state index in [0.29, 0.717) is 48.9 Å². The summed E-state index contributed by atoms with van der Waals surface area (Å²) in [6.45, 7) is 7.57. The zero-order chi connectivity index (χ0) is 24.1. The highest BCUT2D eigenvalue weighted by Crippen LogP contribution is 2.41. The Labute approximate surface area is 195 Å². The lowest BCUT2D eigenvalue weighted by Gasteiger charge is -2.28. The summed E-state index contributed by atoms with van der Waals surface area (Å²) in [4.78, 5) is 28.7. The average molecular weight is 453 g/mol. The number of nitrogens with one attached hydrogen (secondary N) is 1. The number of rotatable bonds is 9. The van der Waals surface area contributed by atoms with E-state index < -0.39 is 23.5 Å². The van der Waals surface area contributed by atoms with Gasteiger partial charge in [-0.1, -0.05) is 41.7 Å². The maximum absolute atomic E-state index is 13.5. The molecule has 0 radical (unpaired) electrons. The average Bonchev–Trinajstić information content (AvgIpc) is 3.04. The number of aryl methyl sites for hydroxylation is 1. The monoisotopic (exact) mass is 452 g/mol. The van der Waals surface area contributed by atoms with Gasteiger partial charge in [-0.2, -0.15) is 0 Å². The maximum Gasteiger partial charge on any atom is 0.295 e. The van der Waals surface area contributed by atoms with Crippen LogP contribution < -0.4 is 19.5 Å². The highest BCUT2D eigenvalue weighted by molar-refractivity contribution is 6.46. The number of hydrogen-bond acceptors (Lipinski definition) is 5. The molecule has 7 heteroatoms. The van der Waals surface area contributed by atoms with E-state index in [2.05, 4.69) is 0 Å². The molecule has 0 spiro atoms. The van der Waals surface area contributed by atoms with Crippen LogP contribution >= 0.6 is 0 Å². The fourth-order valence-corrected chi connectivity index (χ4v) is 3.89. The lowest BCUT2D eigenvalue weighted by molar-refractivity contribution is -0.857. The first kappa shape index (κ1) is 24.3. The Morgan fingerprint density at radius 2 is 1.64 bits per heavy atom. The number of likely N-dealkylation sites (tertiary alicyclic amines) is 1. The summed E-state index contributed by atoms with van der Waals surface area (Å²) in [5, 5.41) is 13.5. The summed E-state index contributed by atoms with van der Waals surface area (Å²) in [5.74, 6) is -0.724. The molecule has 1 fully saturated rings. The van der Waals surface area contributed by atoms with Crippen molar-refractivity contribution in [1.82, 2.24) is 4.90 Å². The van der Waals surface area contributed by atoms with Crippen LogP contribution in [0, 0.1) is 6.92 Å². The van der Waals surface area contributed by atoms with Crippen molar-refractivity contribution in [3.8, 4) is 11.5 Å². The molecule has 2 aromatic carbocycles. The SMILES string of the molecule is CCOc1ccc(C2C(=C([O-])c3ccc(C)cc3)C(=O)C(=O)N2CC[NH+](C)C)cc1OCC. The van der Waals surface area contributed by atoms with Crippen LogP contribution in [0.5, 0.6) is 11.5 Å². The van der Waals surface area contributed by atoms with E-state index in [1.54, 1.807) is 30.3 Å². The fourth-order valence-electron chi connectivity index (χ4n) is 3.89. The first-order chi connectivity index (χ1) is 15.8. The lowest BCUT2D eigenvalue weighted by Crippen LogP contribution is -3.06. The first-order valence-electron chi connectivity index (χ1n) is 11.3. The van der Waals surface area contributed by atoms with Crippen molar-refractivity contribution in [2.75, 3.05) is 40.4 Å². The lowest BCUT2D eigenvalue weighted by atomic mass is 9.94. The minimum absolute atomic E-state index is 0.0239. The number of carbonyl (C=O) groups excluding carboxylic acids is 2. The summed E-state index contributed by atoms with van der Waals surface area (Å²) in [6.07, 6.45) is 0. The van der Waals surface area contributed by atoms with E-state index in [4.69, 9.17) is 9.47 Å². The van der Waals surface area contributed by atoms with Crippen LogP contribution in [0.1, 0.15) is 36.6 Å². The number of nitrogens with zero attached hydrogens (tertiary/aromatic N) is 1. The van der Waals surface area contributed by atoms with Gasteiger partial charge in [0, 0.05) is 5.57 Å².